The van der Waals surface area contributed by atoms with Gasteiger partial charge in [-0.25, -0.2) is 14.8 Å². The first-order valence-corrected chi connectivity index (χ1v) is 19.2. The smallest absolute Gasteiger partial charge is 0.407 e. The van der Waals surface area contributed by atoms with Crippen LogP contribution >= 0.6 is 0 Å². The number of benzene rings is 2. The summed E-state index contributed by atoms with van der Waals surface area (Å²) in [7, 11) is 1.30. The Labute approximate surface area is 321 Å². The summed E-state index contributed by atoms with van der Waals surface area (Å²) in [5, 5.41) is 5.67. The third-order valence-electron chi connectivity index (χ3n) is 11.2. The van der Waals surface area contributed by atoms with Gasteiger partial charge in [0.25, 0.3) is 0 Å². The van der Waals surface area contributed by atoms with Crippen LogP contribution in [0.4, 0.5) is 4.79 Å². The molecular weight excluding hydrogens is 695 g/mol. The average molecular weight is 744 g/mol. The van der Waals surface area contributed by atoms with Crippen LogP contribution in [0.1, 0.15) is 69.9 Å². The summed E-state index contributed by atoms with van der Waals surface area (Å²) in [5.74, 6) is 2.48. The first kappa shape index (κ1) is 37.5. The maximum absolute atomic E-state index is 13.4. The Kier molecular flexibility index (Phi) is 11.6. The van der Waals surface area contributed by atoms with E-state index in [4.69, 9.17) is 4.74 Å². The van der Waals surface area contributed by atoms with Gasteiger partial charge in [-0.3, -0.25) is 19.6 Å². The van der Waals surface area contributed by atoms with Crippen molar-refractivity contribution >= 4 is 17.9 Å². The SMILES string of the molecule is COC(=O)NC(C(=O)N1CCCC1c1ncc(-c2ccc(-c3ccc(-c4cnc[nH]4)cc3)cc2)[nH]1)C(C)C.O=C(NCc1cnccn1)C1CC2CCC1C2. The summed E-state index contributed by atoms with van der Waals surface area (Å²) in [4.78, 5) is 62.5. The molecule has 3 amide bonds. The number of hydrogen-bond acceptors (Lipinski definition) is 8. The molecule has 1 saturated heterocycles. The highest BCUT2D eigenvalue weighted by Crippen LogP contribution is 2.48. The predicted molar refractivity (Wildman–Crippen MR) is 208 cm³/mol. The van der Waals surface area contributed by atoms with Crippen LogP contribution in [0.5, 0.6) is 0 Å². The molecule has 4 heterocycles. The van der Waals surface area contributed by atoms with E-state index in [0.29, 0.717) is 19.0 Å². The number of amides is 3. The fourth-order valence-electron chi connectivity index (χ4n) is 8.24. The van der Waals surface area contributed by atoms with E-state index in [1.807, 2.05) is 31.1 Å². The van der Waals surface area contributed by atoms with Gasteiger partial charge in [-0.2, -0.15) is 0 Å². The highest BCUT2D eigenvalue weighted by Gasteiger charge is 2.43. The van der Waals surface area contributed by atoms with Gasteiger partial charge in [-0.1, -0.05) is 68.8 Å². The van der Waals surface area contributed by atoms with Crippen molar-refractivity contribution in [2.75, 3.05) is 13.7 Å². The fourth-order valence-corrected chi connectivity index (χ4v) is 8.24. The van der Waals surface area contributed by atoms with E-state index in [1.54, 1.807) is 24.9 Å². The molecule has 0 spiro atoms. The van der Waals surface area contributed by atoms with E-state index in [0.717, 1.165) is 70.3 Å². The maximum atomic E-state index is 13.4. The number of carbonyl (C=O) groups is 3. The Morgan fingerprint density at radius 1 is 0.855 bits per heavy atom. The molecule has 2 aromatic carbocycles. The van der Waals surface area contributed by atoms with E-state index in [2.05, 4.69) is 89.1 Å². The summed E-state index contributed by atoms with van der Waals surface area (Å²) >= 11 is 0. The van der Waals surface area contributed by atoms with Crippen LogP contribution in [0, 0.1) is 23.7 Å². The molecule has 286 valence electrons. The first-order chi connectivity index (χ1) is 26.8. The molecular formula is C42H49N9O4. The number of ether oxygens (including phenoxy) is 1. The number of likely N-dealkylation sites (tertiary alicyclic amines) is 1. The number of carbonyl (C=O) groups excluding carboxylic acids is 3. The third-order valence-corrected chi connectivity index (χ3v) is 11.2. The van der Waals surface area contributed by atoms with Gasteiger partial charge >= 0.3 is 6.09 Å². The molecule has 3 fully saturated rings. The van der Waals surface area contributed by atoms with Crippen molar-refractivity contribution in [3.63, 3.8) is 0 Å². The topological polar surface area (TPSA) is 171 Å². The minimum absolute atomic E-state index is 0.0739. The molecule has 5 aromatic rings. The normalized spacial score (nSPS) is 20.5. The van der Waals surface area contributed by atoms with Gasteiger partial charge in [-0.15, -0.1) is 0 Å². The number of imidazole rings is 2. The van der Waals surface area contributed by atoms with Gasteiger partial charge in [0.05, 0.1) is 61.7 Å². The average Bonchev–Trinajstić information content (AvgIpc) is 4.08. The Morgan fingerprint density at radius 2 is 1.58 bits per heavy atom. The van der Waals surface area contributed by atoms with Crippen molar-refractivity contribution in [1.29, 1.82) is 0 Å². The molecule has 13 nitrogen and oxygen atoms in total. The number of fused-ring (bicyclic) bond motifs is 2. The van der Waals surface area contributed by atoms with E-state index in [-0.39, 0.29) is 29.7 Å². The number of nitrogens with one attached hydrogen (secondary N) is 4. The van der Waals surface area contributed by atoms with Crippen LogP contribution in [-0.4, -0.2) is 72.4 Å². The number of aromatic nitrogens is 6. The quantitative estimate of drug-likeness (QED) is 0.122. The second kappa shape index (κ2) is 17.1. The van der Waals surface area contributed by atoms with Crippen molar-refractivity contribution < 1.29 is 19.1 Å². The van der Waals surface area contributed by atoms with Crippen molar-refractivity contribution in [2.45, 2.75) is 71.0 Å². The first-order valence-electron chi connectivity index (χ1n) is 19.2. The van der Waals surface area contributed by atoms with Gasteiger partial charge in [0.15, 0.2) is 0 Å². The van der Waals surface area contributed by atoms with Crippen LogP contribution in [0.15, 0.2) is 85.8 Å². The monoisotopic (exact) mass is 743 g/mol. The molecule has 5 unspecified atom stereocenters. The lowest BCUT2D eigenvalue weighted by Gasteiger charge is -2.30. The van der Waals surface area contributed by atoms with Gasteiger partial charge < -0.3 is 30.2 Å². The lowest BCUT2D eigenvalue weighted by molar-refractivity contribution is -0.135. The maximum Gasteiger partial charge on any atom is 0.407 e. The van der Waals surface area contributed by atoms with Gasteiger partial charge in [0.2, 0.25) is 11.8 Å². The molecule has 55 heavy (non-hydrogen) atoms. The highest BCUT2D eigenvalue weighted by atomic mass is 16.5. The van der Waals surface area contributed by atoms with Crippen molar-refractivity contribution in [2.24, 2.45) is 23.7 Å². The van der Waals surface area contributed by atoms with Crippen LogP contribution < -0.4 is 10.6 Å². The summed E-state index contributed by atoms with van der Waals surface area (Å²) in [6, 6.07) is 15.9. The lowest BCUT2D eigenvalue weighted by Crippen LogP contribution is -2.51. The van der Waals surface area contributed by atoms with Crippen LogP contribution in [0.25, 0.3) is 33.6 Å². The number of methoxy groups -OCH3 is 1. The number of alkyl carbamates (subject to hydrolysis) is 1. The Morgan fingerprint density at radius 3 is 2.18 bits per heavy atom. The van der Waals surface area contributed by atoms with Gasteiger partial charge in [0, 0.05) is 24.9 Å². The number of H-pyrrole nitrogens is 2. The minimum Gasteiger partial charge on any atom is -0.453 e. The van der Waals surface area contributed by atoms with Gasteiger partial charge in [0.1, 0.15) is 11.9 Å². The molecule has 1 aliphatic heterocycles. The molecule has 4 N–H and O–H groups in total. The predicted octanol–water partition coefficient (Wildman–Crippen LogP) is 6.71. The third kappa shape index (κ3) is 8.77. The van der Waals surface area contributed by atoms with E-state index >= 15 is 0 Å². The number of hydrogen-bond donors (Lipinski definition) is 4. The largest absolute Gasteiger partial charge is 0.453 e. The van der Waals surface area contributed by atoms with E-state index < -0.39 is 12.1 Å². The Bertz CT molecular complexity index is 2030. The zero-order valence-corrected chi connectivity index (χ0v) is 31.6. The van der Waals surface area contributed by atoms with Crippen molar-refractivity contribution in [1.82, 2.24) is 45.4 Å². The Balaban J connectivity index is 0.000000227. The second-order valence-corrected chi connectivity index (χ2v) is 15.0. The summed E-state index contributed by atoms with van der Waals surface area (Å²) < 4.78 is 4.72. The minimum atomic E-state index is -0.654. The lowest BCUT2D eigenvalue weighted by atomic mass is 9.88. The number of aromatic amines is 2. The van der Waals surface area contributed by atoms with E-state index in [1.165, 1.54) is 26.4 Å². The van der Waals surface area contributed by atoms with Crippen molar-refractivity contribution in [3.8, 4) is 33.6 Å². The molecule has 3 aliphatic rings. The molecule has 2 saturated carbocycles. The summed E-state index contributed by atoms with van der Waals surface area (Å²) in [6.45, 7) is 4.94. The zero-order chi connectivity index (χ0) is 38.3. The standard InChI is InChI=1S/C29H32N6O3.C13H17N3O/c1-18(2)26(34-29(37)38-3)28(36)35-14-4-5-25(35)27-31-16-24(33-27)22-12-8-20(9-13-22)19-6-10-21(11-7-19)23-15-30-17-32-23;17-13(12-6-9-1-2-10(12)5-9)16-8-11-7-14-3-4-15-11/h6-13,15-18,25-26H,4-5,14H2,1-3H3,(H,30,32)(H,31,33)(H,34,37);3-4,7,9-10,12H,1-2,5-6,8H2,(H,16,17). The molecule has 2 aliphatic carbocycles. The molecule has 13 heteroatoms. The second-order valence-electron chi connectivity index (χ2n) is 15.0. The molecule has 8 rings (SSSR count). The van der Waals surface area contributed by atoms with Crippen LogP contribution in [0.2, 0.25) is 0 Å². The fraction of sp³-hybridized carbons (Fsp3) is 0.405. The van der Waals surface area contributed by atoms with Crippen molar-refractivity contribution in [3.05, 3.63) is 97.4 Å². The van der Waals surface area contributed by atoms with Gasteiger partial charge in [-0.05, 0) is 72.1 Å². The molecule has 3 aromatic heterocycles. The van der Waals surface area contributed by atoms with Crippen LogP contribution in [-0.2, 0) is 20.9 Å². The van der Waals surface area contributed by atoms with Crippen LogP contribution in [0.3, 0.4) is 0 Å². The summed E-state index contributed by atoms with van der Waals surface area (Å²) in [6.07, 6.45) is 16.3. The zero-order valence-electron chi connectivity index (χ0n) is 31.6. The molecule has 2 bridgehead atoms. The highest BCUT2D eigenvalue weighted by molar-refractivity contribution is 5.86. The molecule has 5 atom stereocenters. The number of nitrogens with zero attached hydrogens (tertiary/aromatic N) is 5. The summed E-state index contributed by atoms with van der Waals surface area (Å²) in [5.41, 5.74) is 7.07. The number of rotatable bonds is 10. The van der Waals surface area contributed by atoms with E-state index in [9.17, 15) is 14.4 Å². The Hall–Kier alpha value is -5.85. The molecule has 0 radical (unpaired) electrons.